The van der Waals surface area contributed by atoms with Gasteiger partial charge in [0.2, 0.25) is 0 Å². The lowest BCUT2D eigenvalue weighted by Gasteiger charge is -2.12. The van der Waals surface area contributed by atoms with E-state index in [4.69, 9.17) is 15.6 Å². The average molecular weight is 271 g/mol. The monoisotopic (exact) mass is 271 g/mol. The van der Waals surface area contributed by atoms with Crippen molar-refractivity contribution in [1.29, 1.82) is 0 Å². The number of rotatable bonds is 5. The van der Waals surface area contributed by atoms with E-state index in [0.717, 1.165) is 16.7 Å². The molecule has 0 saturated carbocycles. The van der Waals surface area contributed by atoms with Crippen LogP contribution in [0.3, 0.4) is 0 Å². The largest absolute Gasteiger partial charge is 0.487 e. The number of nitrogen functional groups attached to an aromatic ring is 1. The van der Waals surface area contributed by atoms with E-state index in [1.165, 1.54) is 0 Å². The topological polar surface area (TPSA) is 72.5 Å². The summed E-state index contributed by atoms with van der Waals surface area (Å²) < 4.78 is 5.71. The number of ether oxygens (including phenoxy) is 1. The van der Waals surface area contributed by atoms with Gasteiger partial charge in [0.15, 0.2) is 0 Å². The molecule has 2 aromatic rings. The van der Waals surface area contributed by atoms with Gasteiger partial charge in [-0.1, -0.05) is 30.3 Å². The molecule has 0 aliphatic rings. The molecular weight excluding hydrogens is 254 g/mol. The number of nitrogens with two attached hydrogens (primary N) is 1. The van der Waals surface area contributed by atoms with Crippen LogP contribution in [0.5, 0.6) is 5.75 Å². The van der Waals surface area contributed by atoms with Crippen molar-refractivity contribution in [2.45, 2.75) is 20.0 Å². The minimum atomic E-state index is -0.854. The van der Waals surface area contributed by atoms with Crippen LogP contribution in [-0.2, 0) is 17.8 Å². The standard InChI is InChI=1S/C16H17NO3/c1-11-6-7-14(17)15(8-11)20-10-13-5-3-2-4-12(13)9-16(18)19/h2-8H,9-10,17H2,1H3,(H,18,19). The van der Waals surface area contributed by atoms with Crippen LogP contribution in [0.15, 0.2) is 42.5 Å². The third-order valence-corrected chi connectivity index (χ3v) is 3.01. The molecule has 0 bridgehead atoms. The first kappa shape index (κ1) is 13.9. The zero-order chi connectivity index (χ0) is 14.5. The zero-order valence-corrected chi connectivity index (χ0v) is 11.3. The van der Waals surface area contributed by atoms with Crippen molar-refractivity contribution in [1.82, 2.24) is 0 Å². The molecule has 0 aliphatic carbocycles. The van der Waals surface area contributed by atoms with Crippen molar-refractivity contribution in [3.63, 3.8) is 0 Å². The Bertz CT molecular complexity index is 623. The number of anilines is 1. The van der Waals surface area contributed by atoms with E-state index < -0.39 is 5.97 Å². The maximum absolute atomic E-state index is 10.8. The van der Waals surface area contributed by atoms with Crippen LogP contribution in [0, 0.1) is 6.92 Å². The van der Waals surface area contributed by atoms with Crippen LogP contribution in [0.2, 0.25) is 0 Å². The van der Waals surface area contributed by atoms with Crippen molar-refractivity contribution in [3.8, 4) is 5.75 Å². The lowest BCUT2D eigenvalue weighted by Crippen LogP contribution is -2.06. The molecule has 4 heteroatoms. The molecular formula is C16H17NO3. The van der Waals surface area contributed by atoms with Crippen molar-refractivity contribution in [2.75, 3.05) is 5.73 Å². The summed E-state index contributed by atoms with van der Waals surface area (Å²) in [6, 6.07) is 12.9. The number of aryl methyl sites for hydroxylation is 1. The molecule has 104 valence electrons. The van der Waals surface area contributed by atoms with Gasteiger partial charge in [-0.3, -0.25) is 4.79 Å². The molecule has 4 nitrogen and oxygen atoms in total. The summed E-state index contributed by atoms with van der Waals surface area (Å²) in [5, 5.41) is 8.90. The molecule has 0 aromatic heterocycles. The van der Waals surface area contributed by atoms with E-state index >= 15 is 0 Å². The highest BCUT2D eigenvalue weighted by Crippen LogP contribution is 2.24. The SMILES string of the molecule is Cc1ccc(N)c(OCc2ccccc2CC(=O)O)c1. The minimum absolute atomic E-state index is 0.0111. The van der Waals surface area contributed by atoms with Gasteiger partial charge in [0.05, 0.1) is 12.1 Å². The van der Waals surface area contributed by atoms with Crippen LogP contribution in [0.25, 0.3) is 0 Å². The summed E-state index contributed by atoms with van der Waals surface area (Å²) in [4.78, 5) is 10.8. The predicted molar refractivity (Wildman–Crippen MR) is 77.7 cm³/mol. The first-order valence-electron chi connectivity index (χ1n) is 6.34. The Labute approximate surface area is 117 Å². The van der Waals surface area contributed by atoms with Crippen LogP contribution < -0.4 is 10.5 Å². The molecule has 0 amide bonds. The van der Waals surface area contributed by atoms with Gasteiger partial charge in [-0.05, 0) is 35.7 Å². The summed E-state index contributed by atoms with van der Waals surface area (Å²) in [6.45, 7) is 2.27. The zero-order valence-electron chi connectivity index (χ0n) is 11.3. The first-order chi connectivity index (χ1) is 9.56. The Morgan fingerprint density at radius 1 is 1.20 bits per heavy atom. The molecule has 2 rings (SSSR count). The van der Waals surface area contributed by atoms with Crippen molar-refractivity contribution >= 4 is 11.7 Å². The Balaban J connectivity index is 2.14. The highest BCUT2D eigenvalue weighted by Gasteiger charge is 2.08. The second-order valence-corrected chi connectivity index (χ2v) is 4.67. The molecule has 0 fully saturated rings. The van der Waals surface area contributed by atoms with E-state index in [2.05, 4.69) is 0 Å². The van der Waals surface area contributed by atoms with Crippen molar-refractivity contribution < 1.29 is 14.6 Å². The fourth-order valence-electron chi connectivity index (χ4n) is 1.96. The van der Waals surface area contributed by atoms with Gasteiger partial charge in [-0.25, -0.2) is 0 Å². The lowest BCUT2D eigenvalue weighted by atomic mass is 10.1. The molecule has 0 unspecified atom stereocenters. The molecule has 0 heterocycles. The number of carboxylic acid groups (broad SMARTS) is 1. The summed E-state index contributed by atoms with van der Waals surface area (Å²) in [5.41, 5.74) is 9.10. The smallest absolute Gasteiger partial charge is 0.307 e. The molecule has 2 aromatic carbocycles. The number of aliphatic carboxylic acids is 1. The fraction of sp³-hybridized carbons (Fsp3) is 0.188. The second kappa shape index (κ2) is 6.10. The van der Waals surface area contributed by atoms with Crippen LogP contribution in [0.1, 0.15) is 16.7 Å². The van der Waals surface area contributed by atoms with Gasteiger partial charge in [-0.15, -0.1) is 0 Å². The number of benzene rings is 2. The van der Waals surface area contributed by atoms with Gasteiger partial charge < -0.3 is 15.6 Å². The van der Waals surface area contributed by atoms with E-state index in [1.54, 1.807) is 12.1 Å². The Morgan fingerprint density at radius 2 is 1.90 bits per heavy atom. The van der Waals surface area contributed by atoms with Gasteiger partial charge in [0.1, 0.15) is 12.4 Å². The Kier molecular flexibility index (Phi) is 4.25. The maximum atomic E-state index is 10.8. The van der Waals surface area contributed by atoms with Crippen LogP contribution in [-0.4, -0.2) is 11.1 Å². The van der Waals surface area contributed by atoms with E-state index in [0.29, 0.717) is 18.0 Å². The summed E-state index contributed by atoms with van der Waals surface area (Å²) >= 11 is 0. The number of carboxylic acids is 1. The second-order valence-electron chi connectivity index (χ2n) is 4.67. The molecule has 0 atom stereocenters. The molecule has 0 saturated heterocycles. The number of carbonyl (C=O) groups is 1. The Morgan fingerprint density at radius 3 is 2.60 bits per heavy atom. The van der Waals surface area contributed by atoms with Crippen molar-refractivity contribution in [2.24, 2.45) is 0 Å². The van der Waals surface area contributed by atoms with E-state index in [-0.39, 0.29) is 6.42 Å². The summed E-state index contributed by atoms with van der Waals surface area (Å²) in [7, 11) is 0. The van der Waals surface area contributed by atoms with E-state index in [1.807, 2.05) is 37.3 Å². The van der Waals surface area contributed by atoms with Gasteiger partial charge in [0, 0.05) is 0 Å². The van der Waals surface area contributed by atoms with E-state index in [9.17, 15) is 4.79 Å². The molecule has 20 heavy (non-hydrogen) atoms. The normalized spacial score (nSPS) is 10.2. The molecule has 0 radical (unpaired) electrons. The molecule has 0 spiro atoms. The number of hydrogen-bond acceptors (Lipinski definition) is 3. The van der Waals surface area contributed by atoms with Crippen LogP contribution in [0.4, 0.5) is 5.69 Å². The summed E-state index contributed by atoms with van der Waals surface area (Å²) in [6.07, 6.45) is -0.0111. The van der Waals surface area contributed by atoms with Gasteiger partial charge >= 0.3 is 5.97 Å². The minimum Gasteiger partial charge on any atom is -0.487 e. The molecule has 0 aliphatic heterocycles. The maximum Gasteiger partial charge on any atom is 0.307 e. The Hall–Kier alpha value is -2.49. The van der Waals surface area contributed by atoms with Crippen LogP contribution >= 0.6 is 0 Å². The lowest BCUT2D eigenvalue weighted by molar-refractivity contribution is -0.136. The summed E-state index contributed by atoms with van der Waals surface area (Å²) in [5.74, 6) is -0.234. The highest BCUT2D eigenvalue weighted by molar-refractivity contribution is 5.70. The number of hydrogen-bond donors (Lipinski definition) is 2. The quantitative estimate of drug-likeness (QED) is 0.820. The van der Waals surface area contributed by atoms with Crippen molar-refractivity contribution in [3.05, 3.63) is 59.2 Å². The average Bonchev–Trinajstić information content (AvgIpc) is 2.41. The fourth-order valence-corrected chi connectivity index (χ4v) is 1.96. The van der Waals surface area contributed by atoms with Gasteiger partial charge in [0.25, 0.3) is 0 Å². The van der Waals surface area contributed by atoms with Gasteiger partial charge in [-0.2, -0.15) is 0 Å². The first-order valence-corrected chi connectivity index (χ1v) is 6.34. The third-order valence-electron chi connectivity index (χ3n) is 3.01. The highest BCUT2D eigenvalue weighted by atomic mass is 16.5. The third kappa shape index (κ3) is 3.51. The molecule has 3 N–H and O–H groups in total. The predicted octanol–water partition coefficient (Wildman–Crippen LogP) is 2.78.